The Labute approximate surface area is 307 Å². The Hall–Kier alpha value is -6.96. The minimum atomic E-state index is 1.20. The van der Waals surface area contributed by atoms with Crippen LogP contribution in [-0.2, 0) is 0 Å². The van der Waals surface area contributed by atoms with E-state index in [1.165, 1.54) is 104 Å². The van der Waals surface area contributed by atoms with Crippen molar-refractivity contribution in [2.45, 2.75) is 0 Å². The minimum absolute atomic E-state index is 1.20. The Morgan fingerprint density at radius 3 is 1.45 bits per heavy atom. The van der Waals surface area contributed by atoms with Crippen molar-refractivity contribution in [3.63, 3.8) is 0 Å². The molecule has 0 aliphatic carbocycles. The van der Waals surface area contributed by atoms with Crippen LogP contribution in [-0.4, -0.2) is 4.57 Å². The molecule has 11 aromatic rings. The van der Waals surface area contributed by atoms with Gasteiger partial charge in [0.15, 0.2) is 0 Å². The molecule has 1 heteroatoms. The second-order valence-corrected chi connectivity index (χ2v) is 14.1. The molecule has 53 heavy (non-hydrogen) atoms. The fourth-order valence-corrected chi connectivity index (χ4v) is 8.70. The van der Waals surface area contributed by atoms with Crippen LogP contribution < -0.4 is 0 Å². The first-order chi connectivity index (χ1) is 26.3. The van der Waals surface area contributed by atoms with E-state index in [-0.39, 0.29) is 0 Å². The number of aromatic nitrogens is 1. The topological polar surface area (TPSA) is 4.93 Å². The molecule has 1 aromatic heterocycles. The average molecular weight is 672 g/mol. The van der Waals surface area contributed by atoms with Gasteiger partial charge in [-0.1, -0.05) is 164 Å². The van der Waals surface area contributed by atoms with Crippen molar-refractivity contribution in [2.75, 3.05) is 0 Å². The number of para-hydroxylation sites is 2. The molecule has 0 spiro atoms. The number of hydrogen-bond acceptors (Lipinski definition) is 0. The molecule has 0 fully saturated rings. The third-order valence-corrected chi connectivity index (χ3v) is 11.1. The lowest BCUT2D eigenvalue weighted by atomic mass is 9.84. The molecule has 246 valence electrons. The van der Waals surface area contributed by atoms with Crippen molar-refractivity contribution < 1.29 is 0 Å². The Morgan fingerprint density at radius 2 is 0.755 bits per heavy atom. The minimum Gasteiger partial charge on any atom is -0.308 e. The van der Waals surface area contributed by atoms with E-state index in [9.17, 15) is 0 Å². The van der Waals surface area contributed by atoms with E-state index in [0.717, 1.165) is 0 Å². The number of rotatable bonds is 4. The summed E-state index contributed by atoms with van der Waals surface area (Å²) in [6.45, 7) is 0. The molecule has 10 aromatic carbocycles. The maximum Gasteiger partial charge on any atom is 0.0619 e. The normalized spacial score (nSPS) is 11.8. The summed E-state index contributed by atoms with van der Waals surface area (Å²) < 4.78 is 2.51. The Bertz CT molecular complexity index is 3170. The van der Waals surface area contributed by atoms with Gasteiger partial charge >= 0.3 is 0 Å². The van der Waals surface area contributed by atoms with Crippen molar-refractivity contribution in [1.29, 1.82) is 0 Å². The Morgan fingerprint density at radius 1 is 0.264 bits per heavy atom. The van der Waals surface area contributed by atoms with Crippen LogP contribution in [0.25, 0.3) is 104 Å². The van der Waals surface area contributed by atoms with Gasteiger partial charge < -0.3 is 4.57 Å². The molecule has 0 atom stereocenters. The molecule has 0 radical (unpaired) electrons. The van der Waals surface area contributed by atoms with E-state index in [2.05, 4.69) is 205 Å². The highest BCUT2D eigenvalue weighted by atomic mass is 15.0. The van der Waals surface area contributed by atoms with E-state index in [4.69, 9.17) is 0 Å². The summed E-state index contributed by atoms with van der Waals surface area (Å²) in [6.07, 6.45) is 0. The van der Waals surface area contributed by atoms with Gasteiger partial charge in [0.25, 0.3) is 0 Å². The summed E-state index contributed by atoms with van der Waals surface area (Å²) in [6, 6.07) is 73.8. The summed E-state index contributed by atoms with van der Waals surface area (Å²) in [5.74, 6) is 0. The second kappa shape index (κ2) is 11.8. The molecule has 1 nitrogen and oxygen atoms in total. The molecule has 0 saturated carbocycles. The second-order valence-electron chi connectivity index (χ2n) is 14.1. The van der Waals surface area contributed by atoms with Crippen LogP contribution in [0.15, 0.2) is 200 Å². The highest BCUT2D eigenvalue weighted by Gasteiger charge is 2.23. The quantitative estimate of drug-likeness (QED) is 0.164. The number of fused-ring (bicyclic) bond motifs is 7. The molecule has 0 N–H and O–H groups in total. The summed E-state index contributed by atoms with van der Waals surface area (Å²) in [4.78, 5) is 0. The van der Waals surface area contributed by atoms with Gasteiger partial charge in [-0.15, -0.1) is 0 Å². The predicted octanol–water partition coefficient (Wildman–Crippen LogP) is 14.4. The van der Waals surface area contributed by atoms with Crippen LogP contribution in [0, 0.1) is 0 Å². The van der Waals surface area contributed by atoms with Gasteiger partial charge in [0, 0.05) is 21.5 Å². The van der Waals surface area contributed by atoms with E-state index < -0.39 is 0 Å². The highest BCUT2D eigenvalue weighted by molar-refractivity contribution is 6.23. The van der Waals surface area contributed by atoms with Gasteiger partial charge in [-0.05, 0) is 102 Å². The van der Waals surface area contributed by atoms with Crippen LogP contribution in [0.1, 0.15) is 0 Å². The molecule has 0 saturated heterocycles. The third-order valence-electron chi connectivity index (χ3n) is 11.1. The summed E-state index contributed by atoms with van der Waals surface area (Å²) in [5.41, 5.74) is 11.0. The van der Waals surface area contributed by atoms with E-state index in [0.29, 0.717) is 0 Å². The summed E-state index contributed by atoms with van der Waals surface area (Å²) in [5, 5.41) is 12.4. The fourth-order valence-electron chi connectivity index (χ4n) is 8.70. The molecule has 11 rings (SSSR count). The first-order valence-corrected chi connectivity index (χ1v) is 18.3. The van der Waals surface area contributed by atoms with Gasteiger partial charge in [-0.2, -0.15) is 0 Å². The number of benzene rings is 10. The number of nitrogens with zero attached hydrogens (tertiary/aromatic N) is 1. The van der Waals surface area contributed by atoms with Crippen molar-refractivity contribution in [1.82, 2.24) is 4.57 Å². The molecule has 0 bridgehead atoms. The molecule has 0 amide bonds. The van der Waals surface area contributed by atoms with Crippen LogP contribution in [0.5, 0.6) is 0 Å². The third kappa shape index (κ3) is 4.64. The standard InChI is InChI=1S/C52H33N/c1-2-15-35(16-3-1)46-31-37-18-6-7-19-38(37)32-48(46)51-43-22-8-9-23-44(43)52(53-49-24-12-10-20-41(49)42-21-11-13-25-50(42)53)45-29-28-40(33-47(45)51)39-27-26-34-14-4-5-17-36(34)30-39/h1-33H. The Kier molecular flexibility index (Phi) is 6.62. The first-order valence-electron chi connectivity index (χ1n) is 18.3. The average Bonchev–Trinajstić information content (AvgIpc) is 3.56. The van der Waals surface area contributed by atoms with E-state index in [1.54, 1.807) is 0 Å². The SMILES string of the molecule is c1ccc(-c2cc3ccccc3cc2-c2c3ccccc3c(-n3c4ccccc4c4ccccc43)c3ccc(-c4ccc5ccccc5c4)cc23)cc1. The monoisotopic (exact) mass is 671 g/mol. The summed E-state index contributed by atoms with van der Waals surface area (Å²) in [7, 11) is 0. The highest BCUT2D eigenvalue weighted by Crippen LogP contribution is 2.48. The molecule has 0 aliphatic heterocycles. The Balaban J connectivity index is 1.33. The zero-order chi connectivity index (χ0) is 34.9. The first kappa shape index (κ1) is 29.7. The fraction of sp³-hybridized carbons (Fsp3) is 0. The zero-order valence-electron chi connectivity index (χ0n) is 29.0. The summed E-state index contributed by atoms with van der Waals surface area (Å²) >= 11 is 0. The lowest BCUT2D eigenvalue weighted by molar-refractivity contribution is 1.21. The van der Waals surface area contributed by atoms with Gasteiger partial charge in [0.2, 0.25) is 0 Å². The largest absolute Gasteiger partial charge is 0.308 e. The van der Waals surface area contributed by atoms with Crippen LogP contribution in [0.4, 0.5) is 0 Å². The van der Waals surface area contributed by atoms with Crippen LogP contribution >= 0.6 is 0 Å². The van der Waals surface area contributed by atoms with Gasteiger partial charge in [-0.3, -0.25) is 0 Å². The molecule has 1 heterocycles. The molecular weight excluding hydrogens is 639 g/mol. The van der Waals surface area contributed by atoms with Crippen molar-refractivity contribution >= 4 is 64.9 Å². The van der Waals surface area contributed by atoms with Crippen LogP contribution in [0.2, 0.25) is 0 Å². The van der Waals surface area contributed by atoms with E-state index >= 15 is 0 Å². The molecule has 0 aliphatic rings. The van der Waals surface area contributed by atoms with Crippen molar-refractivity contribution in [2.24, 2.45) is 0 Å². The lowest BCUT2D eigenvalue weighted by Crippen LogP contribution is -2.00. The van der Waals surface area contributed by atoms with E-state index in [1.807, 2.05) is 0 Å². The lowest BCUT2D eigenvalue weighted by Gasteiger charge is -2.22. The molecule has 0 unspecified atom stereocenters. The van der Waals surface area contributed by atoms with Crippen molar-refractivity contribution in [3.8, 4) is 39.1 Å². The van der Waals surface area contributed by atoms with Gasteiger partial charge in [0.1, 0.15) is 0 Å². The maximum absolute atomic E-state index is 2.51. The number of hydrogen-bond donors (Lipinski definition) is 0. The van der Waals surface area contributed by atoms with Crippen LogP contribution in [0.3, 0.4) is 0 Å². The predicted molar refractivity (Wildman–Crippen MR) is 227 cm³/mol. The van der Waals surface area contributed by atoms with Gasteiger partial charge in [-0.25, -0.2) is 0 Å². The zero-order valence-corrected chi connectivity index (χ0v) is 29.0. The van der Waals surface area contributed by atoms with Crippen molar-refractivity contribution in [3.05, 3.63) is 200 Å². The smallest absolute Gasteiger partial charge is 0.0619 e. The molecular formula is C52H33N. The maximum atomic E-state index is 2.51. The van der Waals surface area contributed by atoms with Gasteiger partial charge in [0.05, 0.1) is 16.7 Å².